The average molecular weight is 398 g/mol. The van der Waals surface area contributed by atoms with Gasteiger partial charge < -0.3 is 15.1 Å². The standard InChI is InChI=1S/C22H22N8/c1-2-7-18(8-3-1)29-12-14-30(15-13-29)21-19-20(25-11-10-24-19)27-22(28-21)26-16-17-6-4-5-9-23-17/h1-11H,12-16H2,(H,25,26,27,28). The molecular formula is C22H22N8. The Hall–Kier alpha value is -3.81. The van der Waals surface area contributed by atoms with E-state index in [4.69, 9.17) is 4.98 Å². The Bertz CT molecular complexity index is 1110. The van der Waals surface area contributed by atoms with Gasteiger partial charge in [-0.2, -0.15) is 9.97 Å². The van der Waals surface area contributed by atoms with Gasteiger partial charge in [0.15, 0.2) is 17.0 Å². The van der Waals surface area contributed by atoms with E-state index in [0.717, 1.165) is 43.2 Å². The summed E-state index contributed by atoms with van der Waals surface area (Å²) in [5, 5.41) is 3.28. The molecule has 0 unspecified atom stereocenters. The van der Waals surface area contributed by atoms with Gasteiger partial charge in [-0.25, -0.2) is 9.97 Å². The molecule has 8 heteroatoms. The van der Waals surface area contributed by atoms with Gasteiger partial charge in [0, 0.05) is 50.5 Å². The molecule has 5 rings (SSSR count). The fourth-order valence-corrected chi connectivity index (χ4v) is 3.64. The molecule has 0 amide bonds. The van der Waals surface area contributed by atoms with E-state index in [2.05, 4.69) is 59.3 Å². The van der Waals surface area contributed by atoms with Crippen LogP contribution in [0.25, 0.3) is 11.2 Å². The Morgan fingerprint density at radius 2 is 1.50 bits per heavy atom. The number of rotatable bonds is 5. The van der Waals surface area contributed by atoms with Crippen LogP contribution in [0.4, 0.5) is 17.5 Å². The zero-order valence-corrected chi connectivity index (χ0v) is 16.5. The van der Waals surface area contributed by atoms with Crippen molar-refractivity contribution in [2.24, 2.45) is 0 Å². The lowest BCUT2D eigenvalue weighted by Gasteiger charge is -2.36. The molecular weight excluding hydrogens is 376 g/mol. The van der Waals surface area contributed by atoms with Crippen molar-refractivity contribution in [1.82, 2.24) is 24.9 Å². The molecule has 0 aliphatic carbocycles. The zero-order valence-electron chi connectivity index (χ0n) is 16.5. The Morgan fingerprint density at radius 3 is 2.30 bits per heavy atom. The van der Waals surface area contributed by atoms with Gasteiger partial charge in [0.25, 0.3) is 0 Å². The molecule has 4 aromatic rings. The minimum absolute atomic E-state index is 0.536. The first-order valence-electron chi connectivity index (χ1n) is 10.0. The lowest BCUT2D eigenvalue weighted by molar-refractivity contribution is 0.648. The van der Waals surface area contributed by atoms with Crippen LogP contribution in [-0.2, 0) is 6.54 Å². The van der Waals surface area contributed by atoms with Gasteiger partial charge in [0.1, 0.15) is 0 Å². The molecule has 3 aromatic heterocycles. The highest BCUT2D eigenvalue weighted by atomic mass is 15.3. The molecule has 8 nitrogen and oxygen atoms in total. The molecule has 0 spiro atoms. The number of pyridine rings is 1. The van der Waals surface area contributed by atoms with Gasteiger partial charge in [-0.3, -0.25) is 4.98 Å². The molecule has 1 aliphatic rings. The van der Waals surface area contributed by atoms with E-state index in [1.807, 2.05) is 24.3 Å². The van der Waals surface area contributed by atoms with Gasteiger partial charge in [0.2, 0.25) is 5.95 Å². The minimum Gasteiger partial charge on any atom is -0.368 e. The maximum absolute atomic E-state index is 4.79. The van der Waals surface area contributed by atoms with Crippen LogP contribution in [0, 0.1) is 0 Å². The Labute approximate surface area is 174 Å². The SMILES string of the molecule is c1ccc(N2CCN(c3nc(NCc4ccccn4)nc4nccnc34)CC2)cc1. The molecule has 150 valence electrons. The summed E-state index contributed by atoms with van der Waals surface area (Å²) >= 11 is 0. The number of anilines is 3. The molecule has 1 N–H and O–H groups in total. The largest absolute Gasteiger partial charge is 0.368 e. The normalized spacial score (nSPS) is 14.1. The predicted octanol–water partition coefficient (Wildman–Crippen LogP) is 2.75. The number of fused-ring (bicyclic) bond motifs is 1. The first-order valence-corrected chi connectivity index (χ1v) is 10.0. The van der Waals surface area contributed by atoms with Gasteiger partial charge in [-0.1, -0.05) is 24.3 Å². The van der Waals surface area contributed by atoms with Crippen LogP contribution in [0.3, 0.4) is 0 Å². The number of nitrogens with one attached hydrogen (secondary N) is 1. The van der Waals surface area contributed by atoms with E-state index in [1.54, 1.807) is 18.6 Å². The summed E-state index contributed by atoms with van der Waals surface area (Å²) in [6.45, 7) is 4.11. The van der Waals surface area contributed by atoms with Crippen molar-refractivity contribution in [3.63, 3.8) is 0 Å². The number of benzene rings is 1. The lowest BCUT2D eigenvalue weighted by atomic mass is 10.2. The van der Waals surface area contributed by atoms with Crippen molar-refractivity contribution in [1.29, 1.82) is 0 Å². The van der Waals surface area contributed by atoms with Crippen molar-refractivity contribution < 1.29 is 0 Å². The van der Waals surface area contributed by atoms with Crippen LogP contribution in [0.5, 0.6) is 0 Å². The van der Waals surface area contributed by atoms with Gasteiger partial charge in [0.05, 0.1) is 12.2 Å². The molecule has 30 heavy (non-hydrogen) atoms. The van der Waals surface area contributed by atoms with Gasteiger partial charge in [-0.05, 0) is 24.3 Å². The predicted molar refractivity (Wildman–Crippen MR) is 118 cm³/mol. The van der Waals surface area contributed by atoms with E-state index >= 15 is 0 Å². The maximum Gasteiger partial charge on any atom is 0.227 e. The Kier molecular flexibility index (Phi) is 5.03. The fraction of sp³-hybridized carbons (Fsp3) is 0.227. The van der Waals surface area contributed by atoms with Crippen LogP contribution in [0.1, 0.15) is 5.69 Å². The smallest absolute Gasteiger partial charge is 0.227 e. The van der Waals surface area contributed by atoms with E-state index < -0.39 is 0 Å². The number of piperazine rings is 1. The summed E-state index contributed by atoms with van der Waals surface area (Å²) in [6, 6.07) is 16.3. The number of nitrogens with zero attached hydrogens (tertiary/aromatic N) is 7. The lowest BCUT2D eigenvalue weighted by Crippen LogP contribution is -2.47. The third kappa shape index (κ3) is 3.84. The quantitative estimate of drug-likeness (QED) is 0.550. The summed E-state index contributed by atoms with van der Waals surface area (Å²) in [5.41, 5.74) is 3.51. The highest BCUT2D eigenvalue weighted by Gasteiger charge is 2.22. The third-order valence-electron chi connectivity index (χ3n) is 5.17. The van der Waals surface area contributed by atoms with Gasteiger partial charge >= 0.3 is 0 Å². The molecule has 4 heterocycles. The zero-order chi connectivity index (χ0) is 20.2. The highest BCUT2D eigenvalue weighted by molar-refractivity contribution is 5.84. The van der Waals surface area contributed by atoms with E-state index in [1.165, 1.54) is 5.69 Å². The maximum atomic E-state index is 4.79. The second-order valence-electron chi connectivity index (χ2n) is 7.08. The van der Waals surface area contributed by atoms with E-state index in [-0.39, 0.29) is 0 Å². The molecule has 0 bridgehead atoms. The number of aromatic nitrogens is 5. The second-order valence-corrected chi connectivity index (χ2v) is 7.08. The number of hydrogen-bond donors (Lipinski definition) is 1. The van der Waals surface area contributed by atoms with Crippen molar-refractivity contribution in [2.75, 3.05) is 41.3 Å². The molecule has 1 fully saturated rings. The first-order chi connectivity index (χ1) is 14.9. The molecule has 1 aliphatic heterocycles. The monoisotopic (exact) mass is 398 g/mol. The number of hydrogen-bond acceptors (Lipinski definition) is 8. The van der Waals surface area contributed by atoms with Crippen LogP contribution < -0.4 is 15.1 Å². The second kappa shape index (κ2) is 8.28. The van der Waals surface area contributed by atoms with Crippen molar-refractivity contribution in [2.45, 2.75) is 6.54 Å². The topological polar surface area (TPSA) is 83.0 Å². The van der Waals surface area contributed by atoms with Gasteiger partial charge in [-0.15, -0.1) is 0 Å². The fourth-order valence-electron chi connectivity index (χ4n) is 3.64. The Balaban J connectivity index is 1.38. The average Bonchev–Trinajstić information content (AvgIpc) is 2.83. The molecule has 0 atom stereocenters. The molecule has 1 saturated heterocycles. The summed E-state index contributed by atoms with van der Waals surface area (Å²) in [5.74, 6) is 1.36. The molecule has 0 radical (unpaired) electrons. The van der Waals surface area contributed by atoms with Crippen molar-refractivity contribution in [3.8, 4) is 0 Å². The van der Waals surface area contributed by atoms with Crippen LogP contribution in [0.15, 0.2) is 67.1 Å². The van der Waals surface area contributed by atoms with Crippen molar-refractivity contribution in [3.05, 3.63) is 72.8 Å². The summed E-state index contributed by atoms with van der Waals surface area (Å²) in [7, 11) is 0. The highest BCUT2D eigenvalue weighted by Crippen LogP contribution is 2.25. The summed E-state index contributed by atoms with van der Waals surface area (Å²) < 4.78 is 0. The summed E-state index contributed by atoms with van der Waals surface area (Å²) in [6.07, 6.45) is 5.13. The number of para-hydroxylation sites is 1. The van der Waals surface area contributed by atoms with Crippen molar-refractivity contribution >= 4 is 28.6 Å². The van der Waals surface area contributed by atoms with Crippen LogP contribution >= 0.6 is 0 Å². The molecule has 0 saturated carbocycles. The van der Waals surface area contributed by atoms with E-state index in [9.17, 15) is 0 Å². The first kappa shape index (κ1) is 18.2. The Morgan fingerprint density at radius 1 is 0.733 bits per heavy atom. The van der Waals surface area contributed by atoms with E-state index in [0.29, 0.717) is 18.1 Å². The van der Waals surface area contributed by atoms with Crippen LogP contribution in [0.2, 0.25) is 0 Å². The summed E-state index contributed by atoms with van der Waals surface area (Å²) in [4.78, 5) is 27.3. The molecule has 1 aromatic carbocycles. The minimum atomic E-state index is 0.536. The van der Waals surface area contributed by atoms with Crippen LogP contribution in [-0.4, -0.2) is 51.1 Å². The third-order valence-corrected chi connectivity index (χ3v) is 5.17.